The minimum Gasteiger partial charge on any atom is -0.365 e. The summed E-state index contributed by atoms with van der Waals surface area (Å²) in [5, 5.41) is 3.22. The van der Waals surface area contributed by atoms with Crippen LogP contribution in [0.25, 0.3) is 0 Å². The zero-order valence-electron chi connectivity index (χ0n) is 15.1. The first kappa shape index (κ1) is 18.5. The molecule has 0 spiro atoms. The molecule has 1 unspecified atom stereocenters. The van der Waals surface area contributed by atoms with Crippen LogP contribution in [0.3, 0.4) is 0 Å². The van der Waals surface area contributed by atoms with Crippen LogP contribution in [-0.2, 0) is 9.53 Å². The van der Waals surface area contributed by atoms with Gasteiger partial charge in [-0.05, 0) is 46.0 Å². The molecule has 2 rings (SSSR count). The number of carbonyl (C=O) groups is 1. The Balaban J connectivity index is 1.71. The molecule has 0 aromatic heterocycles. The molecule has 1 atom stereocenters. The number of hydrogen-bond acceptors (Lipinski definition) is 3. The summed E-state index contributed by atoms with van der Waals surface area (Å²) < 4.78 is 6.02. The highest BCUT2D eigenvalue weighted by molar-refractivity contribution is 5.81. The molecule has 23 heavy (non-hydrogen) atoms. The fourth-order valence-corrected chi connectivity index (χ4v) is 3.47. The van der Waals surface area contributed by atoms with Gasteiger partial charge in [-0.1, -0.05) is 31.4 Å². The van der Waals surface area contributed by atoms with E-state index >= 15 is 0 Å². The van der Waals surface area contributed by atoms with Gasteiger partial charge in [0.25, 0.3) is 0 Å². The second kappa shape index (κ2) is 9.43. The number of hydrogen-bond donors (Lipinski definition) is 1. The van der Waals surface area contributed by atoms with E-state index in [2.05, 4.69) is 30.1 Å². The Hall–Kier alpha value is -0.870. The molecule has 0 bridgehead atoms. The van der Waals surface area contributed by atoms with Crippen LogP contribution in [0.2, 0.25) is 0 Å². The van der Waals surface area contributed by atoms with Gasteiger partial charge in [-0.15, -0.1) is 0 Å². The smallest absolute Gasteiger partial charge is 0.249 e. The van der Waals surface area contributed by atoms with Crippen molar-refractivity contribution in [3.8, 4) is 0 Å². The van der Waals surface area contributed by atoms with Gasteiger partial charge >= 0.3 is 0 Å². The van der Waals surface area contributed by atoms with Gasteiger partial charge in [0.1, 0.15) is 6.10 Å². The average Bonchev–Trinajstić information content (AvgIpc) is 3.05. The quantitative estimate of drug-likeness (QED) is 0.732. The SMILES string of the molecule is CCC(OC1CCCC1)C(=O)NC1CCN(CC=C(C)C)CC1. The van der Waals surface area contributed by atoms with E-state index in [0.29, 0.717) is 12.1 Å². The number of allylic oxidation sites excluding steroid dienone is 1. The minimum atomic E-state index is -0.262. The topological polar surface area (TPSA) is 41.6 Å². The van der Waals surface area contributed by atoms with Crippen molar-refractivity contribution in [3.05, 3.63) is 11.6 Å². The van der Waals surface area contributed by atoms with E-state index in [1.807, 2.05) is 6.92 Å². The maximum Gasteiger partial charge on any atom is 0.249 e. The first-order valence-electron chi connectivity index (χ1n) is 9.40. The highest BCUT2D eigenvalue weighted by atomic mass is 16.5. The van der Waals surface area contributed by atoms with Crippen molar-refractivity contribution in [2.75, 3.05) is 19.6 Å². The molecule has 2 aliphatic rings. The second-order valence-corrected chi connectivity index (χ2v) is 7.30. The summed E-state index contributed by atoms with van der Waals surface area (Å²) in [4.78, 5) is 14.9. The number of nitrogens with one attached hydrogen (secondary N) is 1. The average molecular weight is 322 g/mol. The molecule has 4 heteroatoms. The van der Waals surface area contributed by atoms with Crippen LogP contribution in [-0.4, -0.2) is 48.7 Å². The van der Waals surface area contributed by atoms with Crippen molar-refractivity contribution < 1.29 is 9.53 Å². The van der Waals surface area contributed by atoms with Gasteiger partial charge in [0.2, 0.25) is 5.91 Å². The third-order valence-corrected chi connectivity index (χ3v) is 5.01. The van der Waals surface area contributed by atoms with Gasteiger partial charge in [-0.3, -0.25) is 9.69 Å². The highest BCUT2D eigenvalue weighted by Gasteiger charge is 2.27. The molecule has 1 N–H and O–H groups in total. The number of amides is 1. The van der Waals surface area contributed by atoms with Crippen LogP contribution in [0.1, 0.15) is 65.7 Å². The summed E-state index contributed by atoms with van der Waals surface area (Å²) in [6.45, 7) is 9.49. The zero-order chi connectivity index (χ0) is 16.7. The predicted molar refractivity (Wildman–Crippen MR) is 94.5 cm³/mol. The van der Waals surface area contributed by atoms with Crippen molar-refractivity contribution >= 4 is 5.91 Å². The second-order valence-electron chi connectivity index (χ2n) is 7.30. The van der Waals surface area contributed by atoms with E-state index < -0.39 is 0 Å². The van der Waals surface area contributed by atoms with Crippen molar-refractivity contribution in [1.82, 2.24) is 10.2 Å². The molecule has 0 aromatic rings. The molecule has 1 heterocycles. The summed E-state index contributed by atoms with van der Waals surface area (Å²) in [5.41, 5.74) is 1.37. The largest absolute Gasteiger partial charge is 0.365 e. The Bertz CT molecular complexity index is 390. The monoisotopic (exact) mass is 322 g/mol. The maximum atomic E-state index is 12.5. The summed E-state index contributed by atoms with van der Waals surface area (Å²) >= 11 is 0. The van der Waals surface area contributed by atoms with Crippen LogP contribution in [0.15, 0.2) is 11.6 Å². The van der Waals surface area contributed by atoms with E-state index in [-0.39, 0.29) is 12.0 Å². The van der Waals surface area contributed by atoms with E-state index in [9.17, 15) is 4.79 Å². The summed E-state index contributed by atoms with van der Waals surface area (Å²) in [5.74, 6) is 0.0992. The molecule has 0 aromatic carbocycles. The zero-order valence-corrected chi connectivity index (χ0v) is 15.1. The summed E-state index contributed by atoms with van der Waals surface area (Å²) in [6, 6.07) is 0.312. The number of likely N-dealkylation sites (tertiary alicyclic amines) is 1. The molecule has 2 fully saturated rings. The first-order valence-corrected chi connectivity index (χ1v) is 9.40. The molecule has 1 saturated carbocycles. The van der Waals surface area contributed by atoms with E-state index in [1.165, 1.54) is 18.4 Å². The normalized spacial score (nSPS) is 22.0. The van der Waals surface area contributed by atoms with Gasteiger partial charge in [-0.25, -0.2) is 0 Å². The van der Waals surface area contributed by atoms with Gasteiger partial charge in [0.15, 0.2) is 0 Å². The Morgan fingerprint density at radius 2 is 1.87 bits per heavy atom. The predicted octanol–water partition coefficient (Wildman–Crippen LogP) is 3.27. The minimum absolute atomic E-state index is 0.0992. The molecule has 1 aliphatic heterocycles. The Kier molecular flexibility index (Phi) is 7.57. The van der Waals surface area contributed by atoms with Crippen molar-refractivity contribution in [1.29, 1.82) is 0 Å². The van der Waals surface area contributed by atoms with E-state index in [0.717, 1.165) is 51.7 Å². The molecule has 1 amide bonds. The van der Waals surface area contributed by atoms with Crippen LogP contribution >= 0.6 is 0 Å². The lowest BCUT2D eigenvalue weighted by Gasteiger charge is -2.32. The van der Waals surface area contributed by atoms with Crippen LogP contribution in [0, 0.1) is 0 Å². The number of piperidine rings is 1. The van der Waals surface area contributed by atoms with Gasteiger partial charge in [0.05, 0.1) is 6.10 Å². The van der Waals surface area contributed by atoms with Crippen molar-refractivity contribution in [2.45, 2.75) is 84.0 Å². The Morgan fingerprint density at radius 1 is 1.22 bits per heavy atom. The van der Waals surface area contributed by atoms with E-state index in [4.69, 9.17) is 4.74 Å². The summed E-state index contributed by atoms with van der Waals surface area (Å²) in [6.07, 6.45) is 9.89. The third-order valence-electron chi connectivity index (χ3n) is 5.01. The van der Waals surface area contributed by atoms with Crippen LogP contribution in [0.5, 0.6) is 0 Å². The highest BCUT2D eigenvalue weighted by Crippen LogP contribution is 2.23. The maximum absolute atomic E-state index is 12.5. The molecular weight excluding hydrogens is 288 g/mol. The van der Waals surface area contributed by atoms with Gasteiger partial charge in [0, 0.05) is 25.7 Å². The van der Waals surface area contributed by atoms with E-state index in [1.54, 1.807) is 0 Å². The first-order chi connectivity index (χ1) is 11.1. The number of ether oxygens (including phenoxy) is 1. The molecule has 0 radical (unpaired) electrons. The number of rotatable bonds is 7. The fourth-order valence-electron chi connectivity index (χ4n) is 3.47. The van der Waals surface area contributed by atoms with Crippen LogP contribution < -0.4 is 5.32 Å². The summed E-state index contributed by atoms with van der Waals surface area (Å²) in [7, 11) is 0. The fraction of sp³-hybridized carbons (Fsp3) is 0.842. The molecule has 1 aliphatic carbocycles. The lowest BCUT2D eigenvalue weighted by molar-refractivity contribution is -0.137. The van der Waals surface area contributed by atoms with Gasteiger partial charge < -0.3 is 10.1 Å². The van der Waals surface area contributed by atoms with Crippen LogP contribution in [0.4, 0.5) is 0 Å². The Morgan fingerprint density at radius 3 is 2.43 bits per heavy atom. The number of carbonyl (C=O) groups excluding carboxylic acids is 1. The molecule has 4 nitrogen and oxygen atoms in total. The molecule has 1 saturated heterocycles. The lowest BCUT2D eigenvalue weighted by Crippen LogP contribution is -2.48. The van der Waals surface area contributed by atoms with Crippen molar-refractivity contribution in [3.63, 3.8) is 0 Å². The standard InChI is InChI=1S/C19H34N2O2/c1-4-18(23-17-7-5-6-8-17)19(22)20-16-10-13-21(14-11-16)12-9-15(2)3/h9,16-18H,4-8,10-14H2,1-3H3,(H,20,22). The molecule has 132 valence electrons. The van der Waals surface area contributed by atoms with Gasteiger partial charge in [-0.2, -0.15) is 0 Å². The number of nitrogens with zero attached hydrogens (tertiary/aromatic N) is 1. The third kappa shape index (κ3) is 6.27. The molecular formula is C19H34N2O2. The lowest BCUT2D eigenvalue weighted by atomic mass is 10.0. The Labute approximate surface area is 141 Å². The van der Waals surface area contributed by atoms with Crippen molar-refractivity contribution in [2.24, 2.45) is 0 Å².